The van der Waals surface area contributed by atoms with E-state index in [2.05, 4.69) is 15.9 Å². The lowest BCUT2D eigenvalue weighted by atomic mass is 9.94. The first-order valence-corrected chi connectivity index (χ1v) is 13.0. The van der Waals surface area contributed by atoms with Crippen molar-refractivity contribution in [1.29, 1.82) is 0 Å². The van der Waals surface area contributed by atoms with Crippen LogP contribution >= 0.6 is 27.3 Å². The van der Waals surface area contributed by atoms with Gasteiger partial charge in [-0.1, -0.05) is 49.6 Å². The molecule has 0 aliphatic heterocycles. The molecular formula is C26H24BrNO7S. The number of anilines is 1. The minimum Gasteiger partial charge on any atom is -0.479 e. The zero-order valence-electron chi connectivity index (χ0n) is 19.2. The number of carboxylic acid groups (broad SMARTS) is 2. The summed E-state index contributed by atoms with van der Waals surface area (Å²) < 4.78 is 11.3. The smallest absolute Gasteiger partial charge is 0.420 e. The highest BCUT2D eigenvalue weighted by Crippen LogP contribution is 2.46. The fourth-order valence-electron chi connectivity index (χ4n) is 4.23. The number of carbonyl (C=O) groups excluding carboxylic acids is 1. The van der Waals surface area contributed by atoms with E-state index in [0.29, 0.717) is 26.4 Å². The summed E-state index contributed by atoms with van der Waals surface area (Å²) in [5, 5.41) is 18.6. The third kappa shape index (κ3) is 5.88. The van der Waals surface area contributed by atoms with Crippen LogP contribution in [-0.2, 0) is 4.79 Å². The maximum atomic E-state index is 13.4. The molecule has 4 rings (SSSR count). The molecule has 36 heavy (non-hydrogen) atoms. The number of rotatable bonds is 8. The highest BCUT2D eigenvalue weighted by Gasteiger charge is 2.30. The Morgan fingerprint density at radius 3 is 2.39 bits per heavy atom. The highest BCUT2D eigenvalue weighted by atomic mass is 79.9. The van der Waals surface area contributed by atoms with Gasteiger partial charge in [0, 0.05) is 11.7 Å². The van der Waals surface area contributed by atoms with Gasteiger partial charge in [0.25, 0.3) is 0 Å². The summed E-state index contributed by atoms with van der Waals surface area (Å²) in [6.45, 7) is -0.671. The van der Waals surface area contributed by atoms with E-state index in [1.807, 2.05) is 18.2 Å². The van der Waals surface area contributed by atoms with Crippen molar-refractivity contribution in [1.82, 2.24) is 0 Å². The molecule has 1 amide bonds. The van der Waals surface area contributed by atoms with Crippen LogP contribution in [-0.4, -0.2) is 40.9 Å². The summed E-state index contributed by atoms with van der Waals surface area (Å²) in [5.41, 5.74) is 1.29. The van der Waals surface area contributed by atoms with Crippen molar-refractivity contribution < 1.29 is 34.1 Å². The van der Waals surface area contributed by atoms with Gasteiger partial charge in [-0.3, -0.25) is 4.90 Å². The monoisotopic (exact) mass is 573 g/mol. The predicted molar refractivity (Wildman–Crippen MR) is 139 cm³/mol. The molecular weight excluding hydrogens is 550 g/mol. The summed E-state index contributed by atoms with van der Waals surface area (Å²) in [5.74, 6) is -2.03. The number of amides is 1. The van der Waals surface area contributed by atoms with Crippen LogP contribution in [0.3, 0.4) is 0 Å². The van der Waals surface area contributed by atoms with Crippen LogP contribution in [0.4, 0.5) is 10.5 Å². The van der Waals surface area contributed by atoms with E-state index in [1.54, 1.807) is 41.3 Å². The van der Waals surface area contributed by atoms with E-state index in [4.69, 9.17) is 14.6 Å². The van der Waals surface area contributed by atoms with Crippen LogP contribution in [0.25, 0.3) is 10.4 Å². The summed E-state index contributed by atoms with van der Waals surface area (Å²) in [6, 6.07) is 16.1. The first-order valence-electron chi connectivity index (χ1n) is 11.4. The highest BCUT2D eigenvalue weighted by molar-refractivity contribution is 9.10. The lowest BCUT2D eigenvalue weighted by molar-refractivity contribution is -0.139. The molecule has 2 aromatic carbocycles. The Morgan fingerprint density at radius 2 is 1.72 bits per heavy atom. The topological polar surface area (TPSA) is 113 Å². The molecule has 1 fully saturated rings. The van der Waals surface area contributed by atoms with Gasteiger partial charge in [0.15, 0.2) is 17.2 Å². The second-order valence-electron chi connectivity index (χ2n) is 8.28. The number of aliphatic carboxylic acids is 1. The number of nitrogens with zero attached hydrogens (tertiary/aromatic N) is 1. The maximum Gasteiger partial charge on any atom is 0.420 e. The van der Waals surface area contributed by atoms with Crippen LogP contribution in [0.1, 0.15) is 41.8 Å². The quantitative estimate of drug-likeness (QED) is 0.309. The van der Waals surface area contributed by atoms with Crippen molar-refractivity contribution in [3.8, 4) is 21.9 Å². The van der Waals surface area contributed by atoms with Gasteiger partial charge in [0.2, 0.25) is 0 Å². The van der Waals surface area contributed by atoms with Crippen LogP contribution in [0, 0.1) is 0 Å². The molecule has 2 N–H and O–H groups in total. The van der Waals surface area contributed by atoms with Gasteiger partial charge in [0.05, 0.1) is 9.35 Å². The molecule has 10 heteroatoms. The number of para-hydroxylation sites is 1. The zero-order chi connectivity index (χ0) is 25.7. The number of thiophene rings is 1. The lowest BCUT2D eigenvalue weighted by Gasteiger charge is -2.33. The van der Waals surface area contributed by atoms with Gasteiger partial charge in [-0.15, -0.1) is 11.3 Å². The first kappa shape index (κ1) is 25.7. The Kier molecular flexibility index (Phi) is 8.27. The number of hydrogen-bond donors (Lipinski definition) is 2. The molecule has 1 saturated carbocycles. The third-order valence-corrected chi connectivity index (χ3v) is 8.04. The van der Waals surface area contributed by atoms with Gasteiger partial charge >= 0.3 is 18.0 Å². The largest absolute Gasteiger partial charge is 0.479 e. The third-order valence-electron chi connectivity index (χ3n) is 5.81. The number of benzene rings is 2. The van der Waals surface area contributed by atoms with E-state index in [0.717, 1.165) is 43.4 Å². The summed E-state index contributed by atoms with van der Waals surface area (Å²) in [6.07, 6.45) is 4.38. The van der Waals surface area contributed by atoms with Crippen LogP contribution in [0.15, 0.2) is 59.1 Å². The second-order valence-corrected chi connectivity index (χ2v) is 10.1. The summed E-state index contributed by atoms with van der Waals surface area (Å²) >= 11 is 4.36. The average Bonchev–Trinajstić information content (AvgIpc) is 3.21. The Morgan fingerprint density at radius 1 is 1.00 bits per heavy atom. The van der Waals surface area contributed by atoms with Crippen molar-refractivity contribution in [3.63, 3.8) is 0 Å². The van der Waals surface area contributed by atoms with E-state index in [1.165, 1.54) is 0 Å². The zero-order valence-corrected chi connectivity index (χ0v) is 21.6. The maximum absolute atomic E-state index is 13.4. The first-order chi connectivity index (χ1) is 17.3. The Balaban J connectivity index is 1.71. The molecule has 0 atom stereocenters. The Hall–Kier alpha value is -3.37. The number of carbonyl (C=O) groups is 3. The van der Waals surface area contributed by atoms with Gasteiger partial charge in [-0.2, -0.15) is 0 Å². The van der Waals surface area contributed by atoms with E-state index in [-0.39, 0.29) is 16.7 Å². The fraction of sp³-hybridized carbons (Fsp3) is 0.269. The summed E-state index contributed by atoms with van der Waals surface area (Å²) in [4.78, 5) is 38.3. The van der Waals surface area contributed by atoms with Crippen molar-refractivity contribution >= 4 is 51.0 Å². The van der Waals surface area contributed by atoms with Crippen molar-refractivity contribution in [2.24, 2.45) is 0 Å². The SMILES string of the molecule is O=C(O)COc1c(C(=O)O)sc(-c2cccc(N(C(=O)Oc3ccccc3)C3CCCCC3)c2)c1Br. The number of aromatic carboxylic acids is 1. The Bertz CT molecular complexity index is 1250. The predicted octanol–water partition coefficient (Wildman–Crippen LogP) is 6.68. The van der Waals surface area contributed by atoms with Crippen LogP contribution in [0.5, 0.6) is 11.5 Å². The molecule has 0 radical (unpaired) electrons. The van der Waals surface area contributed by atoms with Crippen LogP contribution in [0.2, 0.25) is 0 Å². The molecule has 8 nitrogen and oxygen atoms in total. The second kappa shape index (κ2) is 11.6. The van der Waals surface area contributed by atoms with Gasteiger partial charge in [0.1, 0.15) is 5.75 Å². The van der Waals surface area contributed by atoms with Crippen LogP contribution < -0.4 is 14.4 Å². The van der Waals surface area contributed by atoms with E-state index >= 15 is 0 Å². The van der Waals surface area contributed by atoms with Gasteiger partial charge in [-0.25, -0.2) is 14.4 Å². The van der Waals surface area contributed by atoms with Crippen molar-refractivity contribution in [2.45, 2.75) is 38.1 Å². The Labute approximate surface area is 220 Å². The average molecular weight is 574 g/mol. The van der Waals surface area contributed by atoms with Crippen molar-refractivity contribution in [2.75, 3.05) is 11.5 Å². The molecule has 1 heterocycles. The molecule has 3 aromatic rings. The molecule has 0 spiro atoms. The number of halogens is 1. The number of carboxylic acids is 2. The minimum absolute atomic E-state index is 0.0268. The lowest BCUT2D eigenvalue weighted by Crippen LogP contribution is -2.43. The van der Waals surface area contributed by atoms with Gasteiger partial charge in [-0.05, 0) is 58.6 Å². The minimum atomic E-state index is -1.22. The normalized spacial score (nSPS) is 13.7. The molecule has 1 aliphatic carbocycles. The van der Waals surface area contributed by atoms with E-state index < -0.39 is 24.6 Å². The molecule has 1 aromatic heterocycles. The number of ether oxygens (including phenoxy) is 2. The van der Waals surface area contributed by atoms with E-state index in [9.17, 15) is 19.5 Å². The van der Waals surface area contributed by atoms with Crippen molar-refractivity contribution in [3.05, 3.63) is 63.9 Å². The molecule has 0 unspecified atom stereocenters. The number of hydrogen-bond acceptors (Lipinski definition) is 6. The van der Waals surface area contributed by atoms with Gasteiger partial charge < -0.3 is 19.7 Å². The standard InChI is InChI=1S/C26H24BrNO7S/c27-21-22(34-15-20(29)30)24(25(31)32)36-23(21)16-8-7-11-18(14-16)28(17-9-3-1-4-10-17)26(33)35-19-12-5-2-6-13-19/h2,5-8,11-14,17H,1,3-4,9-10,15H2,(H,29,30)(H,31,32). The molecule has 1 aliphatic rings. The molecule has 188 valence electrons. The molecule has 0 saturated heterocycles. The molecule has 0 bridgehead atoms. The fourth-order valence-corrected chi connectivity index (χ4v) is 6.11. The summed E-state index contributed by atoms with van der Waals surface area (Å²) in [7, 11) is 0.